The average molecular weight is 223 g/mol. The van der Waals surface area contributed by atoms with Crippen LogP contribution in [0.25, 0.3) is 0 Å². The molecular weight excluding hydrogens is 202 g/mol. The molecule has 0 saturated heterocycles. The molecule has 0 fully saturated rings. The van der Waals surface area contributed by atoms with Gasteiger partial charge in [-0.15, -0.1) is 0 Å². The number of hydrogen-bond donors (Lipinski definition) is 0. The van der Waals surface area contributed by atoms with Crippen molar-refractivity contribution in [2.45, 2.75) is 12.6 Å². The third-order valence-electron chi connectivity index (χ3n) is 2.51. The monoisotopic (exact) mass is 223 g/mol. The highest BCUT2D eigenvalue weighted by atomic mass is 16.5. The third-order valence-corrected chi connectivity index (χ3v) is 2.51. The average Bonchev–Trinajstić information content (AvgIpc) is 2.29. The normalized spacial score (nSPS) is 13.0. The second-order valence-electron chi connectivity index (χ2n) is 4.07. The fourth-order valence-electron chi connectivity index (χ4n) is 1.43. The van der Waals surface area contributed by atoms with E-state index in [9.17, 15) is 0 Å². The summed E-state index contributed by atoms with van der Waals surface area (Å²) >= 11 is 0. The van der Waals surface area contributed by atoms with Crippen LogP contribution in [0.3, 0.4) is 0 Å². The Morgan fingerprint density at radius 2 is 1.81 bits per heavy atom. The van der Waals surface area contributed by atoms with Crippen molar-refractivity contribution < 1.29 is 9.47 Å². The molecule has 0 aliphatic carbocycles. The first-order valence-corrected chi connectivity index (χ1v) is 5.51. The molecule has 3 heteroatoms. The number of benzene rings is 1. The van der Waals surface area contributed by atoms with Crippen molar-refractivity contribution in [2.75, 3.05) is 34.4 Å². The lowest BCUT2D eigenvalue weighted by atomic mass is 10.2. The minimum Gasteiger partial charge on any atom is -0.383 e. The van der Waals surface area contributed by atoms with Crippen molar-refractivity contribution >= 4 is 0 Å². The SMILES string of the molecule is COCC(COCc1ccccc1)N(C)C. The Bertz CT molecular complexity index is 275. The van der Waals surface area contributed by atoms with Gasteiger partial charge < -0.3 is 14.4 Å². The van der Waals surface area contributed by atoms with E-state index in [0.717, 1.165) is 0 Å². The summed E-state index contributed by atoms with van der Waals surface area (Å²) in [6.45, 7) is 2.05. The highest BCUT2D eigenvalue weighted by Gasteiger charge is 2.10. The number of ether oxygens (including phenoxy) is 2. The number of nitrogens with zero attached hydrogens (tertiary/aromatic N) is 1. The highest BCUT2D eigenvalue weighted by Crippen LogP contribution is 2.02. The minimum atomic E-state index is 0.314. The third kappa shape index (κ3) is 4.75. The van der Waals surface area contributed by atoms with Gasteiger partial charge in [-0.1, -0.05) is 30.3 Å². The van der Waals surface area contributed by atoms with E-state index >= 15 is 0 Å². The maximum Gasteiger partial charge on any atom is 0.0717 e. The van der Waals surface area contributed by atoms with Crippen molar-refractivity contribution in [3.63, 3.8) is 0 Å². The van der Waals surface area contributed by atoms with Crippen LogP contribution in [0.4, 0.5) is 0 Å². The molecule has 16 heavy (non-hydrogen) atoms. The molecule has 1 rings (SSSR count). The molecule has 1 unspecified atom stereocenters. The standard InChI is InChI=1S/C13H21NO2/c1-14(2)13(10-15-3)11-16-9-12-7-5-4-6-8-12/h4-8,13H,9-11H2,1-3H3. The zero-order valence-corrected chi connectivity index (χ0v) is 10.3. The smallest absolute Gasteiger partial charge is 0.0717 e. The molecule has 0 bridgehead atoms. The Morgan fingerprint density at radius 3 is 2.38 bits per heavy atom. The Morgan fingerprint density at radius 1 is 1.12 bits per heavy atom. The molecule has 1 aromatic rings. The van der Waals surface area contributed by atoms with Crippen molar-refractivity contribution in [1.29, 1.82) is 0 Å². The maximum atomic E-state index is 5.67. The maximum absolute atomic E-state index is 5.67. The van der Waals surface area contributed by atoms with Gasteiger partial charge in [-0.05, 0) is 19.7 Å². The van der Waals surface area contributed by atoms with Crippen LogP contribution in [-0.2, 0) is 16.1 Å². The summed E-state index contributed by atoms with van der Waals surface area (Å²) in [5, 5.41) is 0. The Labute approximate surface area is 98.0 Å². The van der Waals surface area contributed by atoms with Crippen LogP contribution in [0.5, 0.6) is 0 Å². The van der Waals surface area contributed by atoms with Crippen molar-refractivity contribution in [3.05, 3.63) is 35.9 Å². The second kappa shape index (κ2) is 7.39. The summed E-state index contributed by atoms with van der Waals surface area (Å²) in [4.78, 5) is 2.12. The summed E-state index contributed by atoms with van der Waals surface area (Å²) in [5.74, 6) is 0. The Hall–Kier alpha value is -0.900. The quantitative estimate of drug-likeness (QED) is 0.703. The first kappa shape index (κ1) is 13.2. The molecule has 0 saturated carbocycles. The van der Waals surface area contributed by atoms with E-state index in [1.807, 2.05) is 32.3 Å². The van der Waals surface area contributed by atoms with Crippen molar-refractivity contribution in [1.82, 2.24) is 4.90 Å². The van der Waals surface area contributed by atoms with Crippen LogP contribution in [0, 0.1) is 0 Å². The van der Waals surface area contributed by atoms with Gasteiger partial charge in [0.15, 0.2) is 0 Å². The molecule has 0 spiro atoms. The highest BCUT2D eigenvalue weighted by molar-refractivity contribution is 5.13. The lowest BCUT2D eigenvalue weighted by Crippen LogP contribution is -2.36. The van der Waals surface area contributed by atoms with Crippen LogP contribution in [-0.4, -0.2) is 45.4 Å². The largest absolute Gasteiger partial charge is 0.383 e. The summed E-state index contributed by atoms with van der Waals surface area (Å²) in [7, 11) is 5.79. The lowest BCUT2D eigenvalue weighted by molar-refractivity contribution is 0.0306. The summed E-state index contributed by atoms with van der Waals surface area (Å²) in [6.07, 6.45) is 0. The minimum absolute atomic E-state index is 0.314. The molecule has 0 heterocycles. The number of rotatable bonds is 7. The van der Waals surface area contributed by atoms with Crippen LogP contribution in [0.15, 0.2) is 30.3 Å². The molecule has 0 amide bonds. The molecule has 1 aromatic carbocycles. The molecule has 90 valence electrons. The van der Waals surface area contributed by atoms with Gasteiger partial charge in [-0.2, -0.15) is 0 Å². The van der Waals surface area contributed by atoms with E-state index in [-0.39, 0.29) is 0 Å². The van der Waals surface area contributed by atoms with Gasteiger partial charge in [0.05, 0.1) is 25.9 Å². The van der Waals surface area contributed by atoms with Gasteiger partial charge in [0.1, 0.15) is 0 Å². The fourth-order valence-corrected chi connectivity index (χ4v) is 1.43. The zero-order valence-electron chi connectivity index (χ0n) is 10.3. The van der Waals surface area contributed by atoms with Crippen LogP contribution in [0.2, 0.25) is 0 Å². The van der Waals surface area contributed by atoms with E-state index < -0.39 is 0 Å². The number of hydrogen-bond acceptors (Lipinski definition) is 3. The zero-order chi connectivity index (χ0) is 11.8. The summed E-state index contributed by atoms with van der Waals surface area (Å²) in [6, 6.07) is 10.5. The van der Waals surface area contributed by atoms with Crippen LogP contribution < -0.4 is 0 Å². The lowest BCUT2D eigenvalue weighted by Gasteiger charge is -2.23. The molecule has 0 aliphatic rings. The van der Waals surface area contributed by atoms with Crippen LogP contribution in [0.1, 0.15) is 5.56 Å². The van der Waals surface area contributed by atoms with Crippen molar-refractivity contribution in [3.8, 4) is 0 Å². The van der Waals surface area contributed by atoms with Crippen molar-refractivity contribution in [2.24, 2.45) is 0 Å². The van der Waals surface area contributed by atoms with Gasteiger partial charge in [-0.3, -0.25) is 0 Å². The summed E-state index contributed by atoms with van der Waals surface area (Å²) in [5.41, 5.74) is 1.21. The molecular formula is C13H21NO2. The second-order valence-corrected chi connectivity index (χ2v) is 4.07. The molecule has 0 aromatic heterocycles. The molecule has 1 atom stereocenters. The number of methoxy groups -OCH3 is 1. The van der Waals surface area contributed by atoms with E-state index in [1.165, 1.54) is 5.56 Å². The van der Waals surface area contributed by atoms with E-state index in [4.69, 9.17) is 9.47 Å². The molecule has 0 radical (unpaired) electrons. The van der Waals surface area contributed by atoms with E-state index in [1.54, 1.807) is 7.11 Å². The van der Waals surface area contributed by atoms with Gasteiger partial charge >= 0.3 is 0 Å². The van der Waals surface area contributed by atoms with Crippen LogP contribution >= 0.6 is 0 Å². The van der Waals surface area contributed by atoms with Gasteiger partial charge in [0, 0.05) is 7.11 Å². The molecule has 0 N–H and O–H groups in total. The Kier molecular flexibility index (Phi) is 6.08. The van der Waals surface area contributed by atoms with E-state index in [0.29, 0.717) is 25.9 Å². The first-order chi connectivity index (χ1) is 7.74. The predicted molar refractivity (Wildman–Crippen MR) is 65.4 cm³/mol. The summed E-state index contributed by atoms with van der Waals surface area (Å²) < 4.78 is 10.8. The fraction of sp³-hybridized carbons (Fsp3) is 0.538. The molecule has 3 nitrogen and oxygen atoms in total. The molecule has 0 aliphatic heterocycles. The van der Waals surface area contributed by atoms with Gasteiger partial charge in [-0.25, -0.2) is 0 Å². The Balaban J connectivity index is 2.28. The van der Waals surface area contributed by atoms with E-state index in [2.05, 4.69) is 17.0 Å². The topological polar surface area (TPSA) is 21.7 Å². The van der Waals surface area contributed by atoms with Gasteiger partial charge in [0.2, 0.25) is 0 Å². The van der Waals surface area contributed by atoms with Gasteiger partial charge in [0.25, 0.3) is 0 Å². The first-order valence-electron chi connectivity index (χ1n) is 5.51. The predicted octanol–water partition coefficient (Wildman–Crippen LogP) is 1.78. The number of likely N-dealkylation sites (N-methyl/N-ethyl adjacent to an activating group) is 1.